The quantitative estimate of drug-likeness (QED) is 0.884. The van der Waals surface area contributed by atoms with Crippen LogP contribution in [0.4, 0.5) is 5.69 Å². The number of carbonyl (C=O) groups is 1. The van der Waals surface area contributed by atoms with E-state index in [0.29, 0.717) is 0 Å². The summed E-state index contributed by atoms with van der Waals surface area (Å²) in [5.74, 6) is 0.0363. The minimum atomic E-state index is 0.0363. The monoisotopic (exact) mass is 281 g/mol. The van der Waals surface area contributed by atoms with E-state index in [1.807, 2.05) is 13.1 Å². The van der Waals surface area contributed by atoms with Crippen LogP contribution < -0.4 is 15.5 Å². The van der Waals surface area contributed by atoms with Crippen molar-refractivity contribution in [3.63, 3.8) is 0 Å². The summed E-state index contributed by atoms with van der Waals surface area (Å²) in [6, 6.07) is 6.40. The molecule has 1 amide bonds. The first-order valence-corrected chi connectivity index (χ1v) is 6.93. The fraction of sp³-hybridized carbons (Fsp3) is 0.500. The Morgan fingerprint density at radius 2 is 2.32 bits per heavy atom. The summed E-state index contributed by atoms with van der Waals surface area (Å²) in [6.07, 6.45) is 0.982. The lowest BCUT2D eigenvalue weighted by atomic mass is 10.2. The van der Waals surface area contributed by atoms with Gasteiger partial charge >= 0.3 is 0 Å². The first-order valence-electron chi connectivity index (χ1n) is 6.55. The van der Waals surface area contributed by atoms with Crippen LogP contribution in [-0.2, 0) is 11.3 Å². The SMILES string of the molecule is CNCc1ccc(N2CCC(NC(C)=O)C2)cc1Cl. The van der Waals surface area contributed by atoms with E-state index in [4.69, 9.17) is 11.6 Å². The summed E-state index contributed by atoms with van der Waals surface area (Å²) in [5.41, 5.74) is 2.23. The van der Waals surface area contributed by atoms with Crippen molar-refractivity contribution in [2.75, 3.05) is 25.0 Å². The Kier molecular flexibility index (Phi) is 4.66. The molecule has 1 unspecified atom stereocenters. The maximum atomic E-state index is 11.1. The minimum absolute atomic E-state index is 0.0363. The average molecular weight is 282 g/mol. The summed E-state index contributed by atoms with van der Waals surface area (Å²) in [4.78, 5) is 13.3. The van der Waals surface area contributed by atoms with E-state index in [1.54, 1.807) is 6.92 Å². The van der Waals surface area contributed by atoms with Gasteiger partial charge in [-0.3, -0.25) is 4.79 Å². The highest BCUT2D eigenvalue weighted by molar-refractivity contribution is 6.31. The molecule has 2 N–H and O–H groups in total. The van der Waals surface area contributed by atoms with Crippen molar-refractivity contribution in [3.8, 4) is 0 Å². The summed E-state index contributed by atoms with van der Waals surface area (Å²) < 4.78 is 0. The molecule has 4 nitrogen and oxygen atoms in total. The van der Waals surface area contributed by atoms with Gasteiger partial charge in [-0.15, -0.1) is 0 Å². The number of rotatable bonds is 4. The van der Waals surface area contributed by atoms with Crippen LogP contribution in [-0.4, -0.2) is 32.1 Å². The van der Waals surface area contributed by atoms with E-state index in [2.05, 4.69) is 27.7 Å². The van der Waals surface area contributed by atoms with Gasteiger partial charge in [-0.05, 0) is 31.2 Å². The van der Waals surface area contributed by atoms with Crippen LogP contribution in [0.1, 0.15) is 18.9 Å². The molecule has 1 atom stereocenters. The van der Waals surface area contributed by atoms with Gasteiger partial charge in [-0.1, -0.05) is 17.7 Å². The van der Waals surface area contributed by atoms with Crippen LogP contribution in [0.25, 0.3) is 0 Å². The van der Waals surface area contributed by atoms with Crippen LogP contribution in [0.5, 0.6) is 0 Å². The van der Waals surface area contributed by atoms with Gasteiger partial charge in [-0.2, -0.15) is 0 Å². The first-order chi connectivity index (χ1) is 9.10. The van der Waals surface area contributed by atoms with Crippen LogP contribution >= 0.6 is 11.6 Å². The molecule has 0 saturated carbocycles. The second-order valence-corrected chi connectivity index (χ2v) is 5.35. The summed E-state index contributed by atoms with van der Waals surface area (Å²) in [6.45, 7) is 4.13. The smallest absolute Gasteiger partial charge is 0.217 e. The molecule has 0 spiro atoms. The van der Waals surface area contributed by atoms with E-state index in [1.165, 1.54) is 0 Å². The molecule has 1 aromatic carbocycles. The molecule has 1 aromatic rings. The third-order valence-electron chi connectivity index (χ3n) is 3.36. The molecule has 0 bridgehead atoms. The Labute approximate surface area is 119 Å². The second-order valence-electron chi connectivity index (χ2n) is 4.94. The molecule has 1 fully saturated rings. The number of amides is 1. The molecule has 0 aromatic heterocycles. The molecule has 104 valence electrons. The van der Waals surface area contributed by atoms with Gasteiger partial charge in [0.1, 0.15) is 0 Å². The number of halogens is 1. The average Bonchev–Trinajstić information content (AvgIpc) is 2.79. The molecule has 1 saturated heterocycles. The van der Waals surface area contributed by atoms with Gasteiger partial charge in [0.15, 0.2) is 0 Å². The minimum Gasteiger partial charge on any atom is -0.369 e. The van der Waals surface area contributed by atoms with Crippen LogP contribution in [0.3, 0.4) is 0 Å². The molecule has 1 aliphatic heterocycles. The molecule has 0 radical (unpaired) electrons. The molecular formula is C14H20ClN3O. The van der Waals surface area contributed by atoms with Crippen molar-refractivity contribution in [1.82, 2.24) is 10.6 Å². The van der Waals surface area contributed by atoms with Gasteiger partial charge in [-0.25, -0.2) is 0 Å². The highest BCUT2D eigenvalue weighted by Crippen LogP contribution is 2.26. The van der Waals surface area contributed by atoms with Crippen molar-refractivity contribution >= 4 is 23.2 Å². The standard InChI is InChI=1S/C14H20ClN3O/c1-10(19)17-12-5-6-18(9-12)13-4-3-11(8-16-2)14(15)7-13/h3-4,7,12,16H,5-6,8-9H2,1-2H3,(H,17,19). The predicted octanol–water partition coefficient (Wildman–Crippen LogP) is 1.77. The summed E-state index contributed by atoms with van der Waals surface area (Å²) in [7, 11) is 1.91. The molecule has 2 rings (SSSR count). The number of hydrogen-bond donors (Lipinski definition) is 2. The fourth-order valence-electron chi connectivity index (χ4n) is 2.47. The van der Waals surface area contributed by atoms with Gasteiger partial charge in [0.05, 0.1) is 0 Å². The maximum absolute atomic E-state index is 11.1. The van der Waals surface area contributed by atoms with Crippen LogP contribution in [0, 0.1) is 0 Å². The van der Waals surface area contributed by atoms with E-state index in [-0.39, 0.29) is 11.9 Å². The maximum Gasteiger partial charge on any atom is 0.217 e. The molecule has 19 heavy (non-hydrogen) atoms. The lowest BCUT2D eigenvalue weighted by Crippen LogP contribution is -2.35. The lowest BCUT2D eigenvalue weighted by molar-refractivity contribution is -0.119. The molecule has 1 aliphatic rings. The van der Waals surface area contributed by atoms with E-state index >= 15 is 0 Å². The number of hydrogen-bond acceptors (Lipinski definition) is 3. The third kappa shape index (κ3) is 3.61. The normalized spacial score (nSPS) is 18.7. The molecular weight excluding hydrogens is 262 g/mol. The largest absolute Gasteiger partial charge is 0.369 e. The fourth-order valence-corrected chi connectivity index (χ4v) is 2.71. The third-order valence-corrected chi connectivity index (χ3v) is 3.72. The van der Waals surface area contributed by atoms with Crippen molar-refractivity contribution in [3.05, 3.63) is 28.8 Å². The highest BCUT2D eigenvalue weighted by atomic mass is 35.5. The van der Waals surface area contributed by atoms with Crippen LogP contribution in [0.15, 0.2) is 18.2 Å². The summed E-state index contributed by atoms with van der Waals surface area (Å²) in [5, 5.41) is 6.85. The topological polar surface area (TPSA) is 44.4 Å². The number of nitrogens with zero attached hydrogens (tertiary/aromatic N) is 1. The number of anilines is 1. The molecule has 1 heterocycles. The summed E-state index contributed by atoms with van der Waals surface area (Å²) >= 11 is 6.27. The Morgan fingerprint density at radius 1 is 1.53 bits per heavy atom. The van der Waals surface area contributed by atoms with Crippen LogP contribution in [0.2, 0.25) is 5.02 Å². The van der Waals surface area contributed by atoms with E-state index < -0.39 is 0 Å². The highest BCUT2D eigenvalue weighted by Gasteiger charge is 2.23. The van der Waals surface area contributed by atoms with E-state index in [0.717, 1.165) is 42.3 Å². The zero-order chi connectivity index (χ0) is 13.8. The number of benzene rings is 1. The Bertz CT molecular complexity index is 464. The Morgan fingerprint density at radius 3 is 2.95 bits per heavy atom. The van der Waals surface area contributed by atoms with Gasteiger partial charge in [0.2, 0.25) is 5.91 Å². The Hall–Kier alpha value is -1.26. The lowest BCUT2D eigenvalue weighted by Gasteiger charge is -2.20. The van der Waals surface area contributed by atoms with Crippen molar-refractivity contribution in [1.29, 1.82) is 0 Å². The first kappa shape index (κ1) is 14.2. The zero-order valence-corrected chi connectivity index (χ0v) is 12.1. The molecule has 5 heteroatoms. The predicted molar refractivity (Wildman–Crippen MR) is 78.7 cm³/mol. The number of nitrogens with one attached hydrogen (secondary N) is 2. The van der Waals surface area contributed by atoms with Crippen molar-refractivity contribution < 1.29 is 4.79 Å². The van der Waals surface area contributed by atoms with Gasteiger partial charge in [0, 0.05) is 43.3 Å². The second kappa shape index (κ2) is 6.26. The van der Waals surface area contributed by atoms with Crippen molar-refractivity contribution in [2.24, 2.45) is 0 Å². The van der Waals surface area contributed by atoms with Gasteiger partial charge in [0.25, 0.3) is 0 Å². The molecule has 0 aliphatic carbocycles. The van der Waals surface area contributed by atoms with E-state index in [9.17, 15) is 4.79 Å². The van der Waals surface area contributed by atoms with Gasteiger partial charge < -0.3 is 15.5 Å². The zero-order valence-electron chi connectivity index (χ0n) is 11.4. The Balaban J connectivity index is 2.03. The number of carbonyl (C=O) groups excluding carboxylic acids is 1. The van der Waals surface area contributed by atoms with Crippen molar-refractivity contribution in [2.45, 2.75) is 25.9 Å².